The maximum atomic E-state index is 13.5. The van der Waals surface area contributed by atoms with Crippen LogP contribution in [0, 0.1) is 35.5 Å². The molecule has 0 radical (unpaired) electrons. The number of aliphatic hydroxyl groups is 1. The Kier molecular flexibility index (Phi) is 4.05. The lowest BCUT2D eigenvalue weighted by atomic mass is 9.47. The van der Waals surface area contributed by atoms with Crippen molar-refractivity contribution in [3.05, 3.63) is 0 Å². The van der Waals surface area contributed by atoms with Crippen molar-refractivity contribution in [1.29, 1.82) is 0 Å². The standard InChI is InChI=1S/C22H29F3O5/c23-22(24,25)21(27)10-20(28-11-29-21)15-4-13-5-16(20)9-19(7-13,8-15)30-18(26)17-6-12-1-2-14(17)3-12/h12-17,27H,1-11H2. The summed E-state index contributed by atoms with van der Waals surface area (Å²) in [5.74, 6) is -2.13. The van der Waals surface area contributed by atoms with Crippen LogP contribution < -0.4 is 0 Å². The number of fused-ring (bicyclic) bond motifs is 2. The van der Waals surface area contributed by atoms with E-state index in [0.717, 1.165) is 38.5 Å². The van der Waals surface area contributed by atoms with Gasteiger partial charge in [0.25, 0.3) is 5.79 Å². The van der Waals surface area contributed by atoms with Gasteiger partial charge in [-0.2, -0.15) is 13.2 Å². The highest BCUT2D eigenvalue weighted by molar-refractivity contribution is 5.74. The molecule has 6 unspecified atom stereocenters. The highest BCUT2D eigenvalue weighted by Gasteiger charge is 2.71. The van der Waals surface area contributed by atoms with E-state index in [0.29, 0.717) is 30.6 Å². The Morgan fingerprint density at radius 1 is 0.967 bits per heavy atom. The van der Waals surface area contributed by atoms with Crippen LogP contribution in [0.4, 0.5) is 13.2 Å². The van der Waals surface area contributed by atoms with E-state index < -0.39 is 36.4 Å². The van der Waals surface area contributed by atoms with Crippen LogP contribution in [0.15, 0.2) is 0 Å². The van der Waals surface area contributed by atoms with Crippen molar-refractivity contribution in [2.45, 2.75) is 87.4 Å². The molecular weight excluding hydrogens is 401 g/mol. The third-order valence-electron chi connectivity index (χ3n) is 9.46. The zero-order valence-corrected chi connectivity index (χ0v) is 17.0. The van der Waals surface area contributed by atoms with E-state index in [-0.39, 0.29) is 23.7 Å². The number of carbonyl (C=O) groups is 1. The van der Waals surface area contributed by atoms with Gasteiger partial charge in [0.2, 0.25) is 0 Å². The Bertz CT molecular complexity index is 738. The molecule has 7 fully saturated rings. The number of alkyl halides is 3. The van der Waals surface area contributed by atoms with Crippen LogP contribution in [0.3, 0.4) is 0 Å². The van der Waals surface area contributed by atoms with Crippen molar-refractivity contribution in [3.8, 4) is 0 Å². The van der Waals surface area contributed by atoms with Crippen LogP contribution in [0.5, 0.6) is 0 Å². The van der Waals surface area contributed by atoms with E-state index in [2.05, 4.69) is 4.74 Å². The van der Waals surface area contributed by atoms with Gasteiger partial charge in [0.15, 0.2) is 6.79 Å². The molecule has 168 valence electrons. The van der Waals surface area contributed by atoms with Crippen LogP contribution in [0.25, 0.3) is 0 Å². The third-order valence-corrected chi connectivity index (χ3v) is 9.46. The molecule has 8 heteroatoms. The van der Waals surface area contributed by atoms with Gasteiger partial charge in [-0.25, -0.2) is 0 Å². The van der Waals surface area contributed by atoms with Crippen molar-refractivity contribution in [3.63, 3.8) is 0 Å². The Hall–Kier alpha value is -0.860. The fraction of sp³-hybridized carbons (Fsp3) is 0.955. The minimum Gasteiger partial charge on any atom is -0.459 e. The molecule has 1 heterocycles. The van der Waals surface area contributed by atoms with Gasteiger partial charge in [0.05, 0.1) is 11.5 Å². The number of hydrogen-bond donors (Lipinski definition) is 1. The van der Waals surface area contributed by atoms with Gasteiger partial charge in [-0.15, -0.1) is 0 Å². The molecule has 6 bridgehead atoms. The van der Waals surface area contributed by atoms with E-state index in [1.54, 1.807) is 0 Å². The van der Waals surface area contributed by atoms with Gasteiger partial charge in [-0.05, 0) is 81.0 Å². The maximum Gasteiger partial charge on any atom is 0.443 e. The van der Waals surface area contributed by atoms with Crippen LogP contribution in [-0.4, -0.2) is 41.0 Å². The normalized spacial score (nSPS) is 54.1. The lowest BCUT2D eigenvalue weighted by molar-refractivity contribution is -0.444. The lowest BCUT2D eigenvalue weighted by Gasteiger charge is -2.66. The number of hydrogen-bond acceptors (Lipinski definition) is 5. The van der Waals surface area contributed by atoms with Crippen LogP contribution in [0.1, 0.15) is 64.2 Å². The summed E-state index contributed by atoms with van der Waals surface area (Å²) in [6.07, 6.45) is 2.31. The SMILES string of the molecule is O=C(OC12CC3CC(C1)C1(CC(O)(C(F)(F)F)OCO1)C(C3)C2)C1CC2CCC1C2. The molecule has 0 aromatic heterocycles. The molecule has 0 aromatic carbocycles. The topological polar surface area (TPSA) is 65.0 Å². The molecule has 1 spiro atoms. The first kappa shape index (κ1) is 19.8. The summed E-state index contributed by atoms with van der Waals surface area (Å²) in [6, 6.07) is 0. The molecule has 5 nitrogen and oxygen atoms in total. The first-order valence-electron chi connectivity index (χ1n) is 11.4. The van der Waals surface area contributed by atoms with Gasteiger partial charge >= 0.3 is 12.1 Å². The van der Waals surface area contributed by atoms with Crippen molar-refractivity contribution in [1.82, 2.24) is 0 Å². The first-order valence-corrected chi connectivity index (χ1v) is 11.4. The molecule has 6 atom stereocenters. The molecule has 1 aliphatic heterocycles. The summed E-state index contributed by atoms with van der Waals surface area (Å²) < 4.78 is 57.4. The number of carbonyl (C=O) groups excluding carboxylic acids is 1. The van der Waals surface area contributed by atoms with Gasteiger partial charge in [0, 0.05) is 6.42 Å². The predicted molar refractivity (Wildman–Crippen MR) is 96.7 cm³/mol. The molecule has 0 amide bonds. The summed E-state index contributed by atoms with van der Waals surface area (Å²) in [5, 5.41) is 10.3. The average molecular weight is 430 g/mol. The molecule has 1 N–H and O–H groups in total. The van der Waals surface area contributed by atoms with E-state index in [4.69, 9.17) is 9.47 Å². The van der Waals surface area contributed by atoms with Crippen LogP contribution >= 0.6 is 0 Å². The van der Waals surface area contributed by atoms with Crippen LogP contribution in [0.2, 0.25) is 0 Å². The largest absolute Gasteiger partial charge is 0.459 e. The maximum absolute atomic E-state index is 13.5. The molecular formula is C22H29F3O5. The second-order valence-electron chi connectivity index (χ2n) is 11.0. The lowest BCUT2D eigenvalue weighted by Crippen LogP contribution is -2.70. The summed E-state index contributed by atoms with van der Waals surface area (Å²) in [7, 11) is 0. The molecule has 7 rings (SSSR count). The van der Waals surface area contributed by atoms with Crippen molar-refractivity contribution < 1.29 is 37.3 Å². The summed E-state index contributed by atoms with van der Waals surface area (Å²) in [6.45, 7) is -0.564. The average Bonchev–Trinajstić information content (AvgIpc) is 3.28. The Morgan fingerprint density at radius 3 is 2.30 bits per heavy atom. The molecule has 6 saturated carbocycles. The van der Waals surface area contributed by atoms with Crippen molar-refractivity contribution >= 4 is 5.97 Å². The zero-order chi connectivity index (χ0) is 20.9. The quantitative estimate of drug-likeness (QED) is 0.673. The first-order chi connectivity index (χ1) is 14.1. The monoisotopic (exact) mass is 430 g/mol. The summed E-state index contributed by atoms with van der Waals surface area (Å²) in [4.78, 5) is 13.1. The van der Waals surface area contributed by atoms with E-state index >= 15 is 0 Å². The minimum absolute atomic E-state index is 0.000339. The molecule has 30 heavy (non-hydrogen) atoms. The second-order valence-corrected chi connectivity index (χ2v) is 11.0. The Morgan fingerprint density at radius 2 is 1.70 bits per heavy atom. The number of rotatable bonds is 2. The van der Waals surface area contributed by atoms with E-state index in [9.17, 15) is 23.1 Å². The van der Waals surface area contributed by atoms with E-state index in [1.807, 2.05) is 0 Å². The van der Waals surface area contributed by atoms with Crippen LogP contribution in [-0.2, 0) is 19.0 Å². The molecule has 0 aromatic rings. The predicted octanol–water partition coefficient (Wildman–Crippen LogP) is 3.93. The van der Waals surface area contributed by atoms with E-state index in [1.165, 1.54) is 6.42 Å². The second kappa shape index (κ2) is 6.13. The molecule has 1 saturated heterocycles. The third kappa shape index (κ3) is 2.68. The summed E-state index contributed by atoms with van der Waals surface area (Å²) >= 11 is 0. The van der Waals surface area contributed by atoms with Crippen molar-refractivity contribution in [2.75, 3.05) is 6.79 Å². The highest BCUT2D eigenvalue weighted by Crippen LogP contribution is 2.65. The van der Waals surface area contributed by atoms with Gasteiger partial charge in [0.1, 0.15) is 5.60 Å². The minimum atomic E-state index is -4.87. The Balaban J connectivity index is 1.23. The zero-order valence-electron chi connectivity index (χ0n) is 17.0. The number of halogens is 3. The molecule has 6 aliphatic carbocycles. The fourth-order valence-corrected chi connectivity index (χ4v) is 8.35. The Labute approximate surface area is 173 Å². The number of ether oxygens (including phenoxy) is 3. The smallest absolute Gasteiger partial charge is 0.443 e. The van der Waals surface area contributed by atoms with Gasteiger partial charge in [-0.1, -0.05) is 6.42 Å². The van der Waals surface area contributed by atoms with Gasteiger partial charge < -0.3 is 19.3 Å². The number of esters is 1. The summed E-state index contributed by atoms with van der Waals surface area (Å²) in [5.41, 5.74) is -1.62. The van der Waals surface area contributed by atoms with Crippen molar-refractivity contribution in [2.24, 2.45) is 35.5 Å². The fourth-order valence-electron chi connectivity index (χ4n) is 8.35. The highest BCUT2D eigenvalue weighted by atomic mass is 19.4. The van der Waals surface area contributed by atoms with Gasteiger partial charge in [-0.3, -0.25) is 4.79 Å². The molecule has 7 aliphatic rings.